The third-order valence-electron chi connectivity index (χ3n) is 3.38. The van der Waals surface area contributed by atoms with Gasteiger partial charge in [0, 0.05) is 23.1 Å². The summed E-state index contributed by atoms with van der Waals surface area (Å²) in [6, 6.07) is 7.05. The predicted molar refractivity (Wildman–Crippen MR) is 67.6 cm³/mol. The van der Waals surface area contributed by atoms with Crippen LogP contribution in [0, 0.1) is 0 Å². The van der Waals surface area contributed by atoms with Crippen molar-refractivity contribution in [2.45, 2.75) is 38.1 Å². The van der Waals surface area contributed by atoms with Gasteiger partial charge in [-0.2, -0.15) is 0 Å². The highest BCUT2D eigenvalue weighted by Gasteiger charge is 2.23. The highest BCUT2D eigenvalue weighted by molar-refractivity contribution is 5.84. The highest BCUT2D eigenvalue weighted by Crippen LogP contribution is 2.41. The van der Waals surface area contributed by atoms with Gasteiger partial charge in [0.25, 0.3) is 0 Å². The molecule has 1 saturated carbocycles. The normalized spacial score (nSPS) is 17.9. The zero-order valence-electron chi connectivity index (χ0n) is 9.66. The molecule has 1 fully saturated rings. The van der Waals surface area contributed by atoms with Crippen LogP contribution in [0.4, 0.5) is 0 Å². The molecule has 0 saturated heterocycles. The summed E-state index contributed by atoms with van der Waals surface area (Å²) in [5, 5.41) is 1.33. The largest absolute Gasteiger partial charge is 0.361 e. The van der Waals surface area contributed by atoms with E-state index in [1.54, 1.807) is 0 Å². The van der Waals surface area contributed by atoms with Gasteiger partial charge in [-0.3, -0.25) is 0 Å². The van der Waals surface area contributed by atoms with Crippen LogP contribution in [0.5, 0.6) is 0 Å². The monoisotopic (exact) mass is 214 g/mol. The Hall–Kier alpha value is -1.28. The molecule has 0 spiro atoms. The molecule has 1 aliphatic carbocycles. The molecule has 1 aliphatic rings. The second-order valence-electron chi connectivity index (χ2n) is 5.07. The predicted octanol–water partition coefficient (Wildman–Crippen LogP) is 2.94. The maximum absolute atomic E-state index is 5.85. The Morgan fingerprint density at radius 3 is 2.94 bits per heavy atom. The van der Waals surface area contributed by atoms with Crippen molar-refractivity contribution >= 4 is 10.9 Å². The van der Waals surface area contributed by atoms with Gasteiger partial charge in [0.05, 0.1) is 0 Å². The zero-order valence-corrected chi connectivity index (χ0v) is 9.66. The summed E-state index contributed by atoms with van der Waals surface area (Å²) in [5.41, 5.74) is 9.94. The number of H-pyrrole nitrogens is 1. The van der Waals surface area contributed by atoms with Crippen molar-refractivity contribution in [1.82, 2.24) is 4.98 Å². The van der Waals surface area contributed by atoms with Crippen LogP contribution in [-0.4, -0.2) is 11.0 Å². The number of aromatic amines is 1. The van der Waals surface area contributed by atoms with E-state index in [2.05, 4.69) is 36.3 Å². The molecule has 84 valence electrons. The summed E-state index contributed by atoms with van der Waals surface area (Å²) in [7, 11) is 0. The van der Waals surface area contributed by atoms with E-state index in [1.165, 1.54) is 34.9 Å². The minimum absolute atomic E-state index is 0.224. The van der Waals surface area contributed by atoms with Crippen molar-refractivity contribution in [2.24, 2.45) is 5.73 Å². The number of fused-ring (bicyclic) bond motifs is 1. The van der Waals surface area contributed by atoms with E-state index < -0.39 is 0 Å². The summed E-state index contributed by atoms with van der Waals surface area (Å²) in [6.45, 7) is 2.05. The Balaban J connectivity index is 2.00. The van der Waals surface area contributed by atoms with Gasteiger partial charge < -0.3 is 10.7 Å². The highest BCUT2D eigenvalue weighted by atomic mass is 14.7. The molecule has 2 aromatic rings. The van der Waals surface area contributed by atoms with Crippen LogP contribution in [-0.2, 0) is 6.42 Å². The van der Waals surface area contributed by atoms with Gasteiger partial charge in [0.2, 0.25) is 0 Å². The molecule has 2 heteroatoms. The fourth-order valence-corrected chi connectivity index (χ4v) is 2.39. The molecule has 3 rings (SSSR count). The standard InChI is InChI=1S/C14H18N2/c1-9(15)6-12-8-16-14-7-11(10-2-3-10)4-5-13(12)14/h4-5,7-10,16H,2-3,6,15H2,1H3/t9-/m1/s1. The van der Waals surface area contributed by atoms with E-state index in [0.29, 0.717) is 0 Å². The fraction of sp³-hybridized carbons (Fsp3) is 0.429. The van der Waals surface area contributed by atoms with Crippen LogP contribution in [0.3, 0.4) is 0 Å². The second kappa shape index (κ2) is 3.63. The number of hydrogen-bond donors (Lipinski definition) is 2. The number of nitrogens with two attached hydrogens (primary N) is 1. The van der Waals surface area contributed by atoms with E-state index in [1.807, 2.05) is 0 Å². The molecule has 0 bridgehead atoms. The Morgan fingerprint density at radius 1 is 1.44 bits per heavy atom. The zero-order chi connectivity index (χ0) is 11.1. The molecule has 0 radical (unpaired) electrons. The number of benzene rings is 1. The molecule has 3 N–H and O–H groups in total. The lowest BCUT2D eigenvalue weighted by Gasteiger charge is -2.03. The minimum atomic E-state index is 0.224. The van der Waals surface area contributed by atoms with E-state index >= 15 is 0 Å². The molecule has 0 amide bonds. The number of hydrogen-bond acceptors (Lipinski definition) is 1. The van der Waals surface area contributed by atoms with Crippen LogP contribution in [0.1, 0.15) is 36.8 Å². The Labute approximate surface area is 95.8 Å². The topological polar surface area (TPSA) is 41.8 Å². The lowest BCUT2D eigenvalue weighted by Crippen LogP contribution is -2.17. The van der Waals surface area contributed by atoms with Crippen LogP contribution in [0.25, 0.3) is 10.9 Å². The van der Waals surface area contributed by atoms with E-state index in [4.69, 9.17) is 5.73 Å². The SMILES string of the molecule is C[C@@H](N)Cc1c[nH]c2cc(C3CC3)ccc12. The first-order chi connectivity index (χ1) is 7.74. The van der Waals surface area contributed by atoms with Gasteiger partial charge in [-0.15, -0.1) is 0 Å². The molecule has 2 nitrogen and oxygen atoms in total. The first kappa shape index (κ1) is 9.91. The van der Waals surface area contributed by atoms with Crippen molar-refractivity contribution in [3.8, 4) is 0 Å². The molecule has 1 heterocycles. The molecule has 1 atom stereocenters. The van der Waals surface area contributed by atoms with Gasteiger partial charge >= 0.3 is 0 Å². The lowest BCUT2D eigenvalue weighted by molar-refractivity contribution is 0.741. The van der Waals surface area contributed by atoms with Crippen molar-refractivity contribution in [2.75, 3.05) is 0 Å². The van der Waals surface area contributed by atoms with Crippen molar-refractivity contribution in [3.05, 3.63) is 35.5 Å². The molecule has 16 heavy (non-hydrogen) atoms. The van der Waals surface area contributed by atoms with E-state index in [0.717, 1.165) is 12.3 Å². The molecule has 1 aromatic heterocycles. The van der Waals surface area contributed by atoms with Crippen LogP contribution in [0.2, 0.25) is 0 Å². The van der Waals surface area contributed by atoms with Crippen molar-refractivity contribution in [1.29, 1.82) is 0 Å². The van der Waals surface area contributed by atoms with E-state index in [-0.39, 0.29) is 6.04 Å². The van der Waals surface area contributed by atoms with Crippen LogP contribution in [0.15, 0.2) is 24.4 Å². The van der Waals surface area contributed by atoms with Crippen molar-refractivity contribution < 1.29 is 0 Å². The average molecular weight is 214 g/mol. The maximum atomic E-state index is 5.85. The Bertz CT molecular complexity index is 506. The molecule has 0 aliphatic heterocycles. The maximum Gasteiger partial charge on any atom is 0.0459 e. The van der Waals surface area contributed by atoms with Gasteiger partial charge in [0.15, 0.2) is 0 Å². The number of nitrogens with one attached hydrogen (secondary N) is 1. The number of aromatic nitrogens is 1. The average Bonchev–Trinajstić information content (AvgIpc) is 3.02. The summed E-state index contributed by atoms with van der Waals surface area (Å²) < 4.78 is 0. The fourth-order valence-electron chi connectivity index (χ4n) is 2.39. The quantitative estimate of drug-likeness (QED) is 0.810. The summed E-state index contributed by atoms with van der Waals surface area (Å²) in [4.78, 5) is 3.36. The first-order valence-corrected chi connectivity index (χ1v) is 6.09. The third kappa shape index (κ3) is 1.74. The van der Waals surface area contributed by atoms with Gasteiger partial charge in [-0.1, -0.05) is 12.1 Å². The van der Waals surface area contributed by atoms with Crippen molar-refractivity contribution in [3.63, 3.8) is 0 Å². The van der Waals surface area contributed by atoms with Crippen LogP contribution < -0.4 is 5.73 Å². The van der Waals surface area contributed by atoms with Gasteiger partial charge in [0.1, 0.15) is 0 Å². The molecule has 1 aromatic carbocycles. The van der Waals surface area contributed by atoms with Gasteiger partial charge in [-0.25, -0.2) is 0 Å². The smallest absolute Gasteiger partial charge is 0.0459 e. The summed E-state index contributed by atoms with van der Waals surface area (Å²) in [5.74, 6) is 0.824. The molecular formula is C14H18N2. The van der Waals surface area contributed by atoms with Gasteiger partial charge in [-0.05, 0) is 49.3 Å². The molecule has 0 unspecified atom stereocenters. The third-order valence-corrected chi connectivity index (χ3v) is 3.38. The first-order valence-electron chi connectivity index (χ1n) is 6.09. The summed E-state index contributed by atoms with van der Waals surface area (Å²) >= 11 is 0. The minimum Gasteiger partial charge on any atom is -0.361 e. The lowest BCUT2D eigenvalue weighted by atomic mass is 10.0. The molecular weight excluding hydrogens is 196 g/mol. The summed E-state index contributed by atoms with van der Waals surface area (Å²) in [6.07, 6.45) is 5.77. The van der Waals surface area contributed by atoms with Crippen LogP contribution >= 0.6 is 0 Å². The van der Waals surface area contributed by atoms with E-state index in [9.17, 15) is 0 Å². The number of rotatable bonds is 3. The Kier molecular flexibility index (Phi) is 2.25. The second-order valence-corrected chi connectivity index (χ2v) is 5.07. The Morgan fingerprint density at radius 2 is 2.25 bits per heavy atom.